The highest BCUT2D eigenvalue weighted by Gasteiger charge is 2.26. The van der Waals surface area contributed by atoms with Gasteiger partial charge in [0.2, 0.25) is 0 Å². The molecule has 2 heterocycles. The van der Waals surface area contributed by atoms with Crippen molar-refractivity contribution in [1.82, 2.24) is 18.6 Å². The number of imidazole rings is 1. The molecule has 0 amide bonds. The Morgan fingerprint density at radius 1 is 1.47 bits per heavy atom. The topological polar surface area (TPSA) is 67.2 Å². The molecule has 1 aromatic rings. The molecule has 0 bridgehead atoms. The Morgan fingerprint density at radius 2 is 2.32 bits per heavy atom. The normalized spacial score (nSPS) is 21.6. The van der Waals surface area contributed by atoms with Crippen molar-refractivity contribution in [1.29, 1.82) is 0 Å². The highest BCUT2D eigenvalue weighted by molar-refractivity contribution is 7.87. The van der Waals surface area contributed by atoms with Crippen LogP contribution >= 0.6 is 0 Å². The molecule has 0 unspecified atom stereocenters. The van der Waals surface area contributed by atoms with Crippen molar-refractivity contribution in [3.05, 3.63) is 18.7 Å². The van der Waals surface area contributed by atoms with Crippen molar-refractivity contribution < 1.29 is 8.42 Å². The first-order valence-electron chi connectivity index (χ1n) is 6.78. The minimum atomic E-state index is -3.30. The average molecular weight is 286 g/mol. The van der Waals surface area contributed by atoms with Gasteiger partial charge in [-0.1, -0.05) is 6.92 Å². The lowest BCUT2D eigenvalue weighted by atomic mass is 10.0. The average Bonchev–Trinajstić information content (AvgIpc) is 2.88. The van der Waals surface area contributed by atoms with E-state index >= 15 is 0 Å². The van der Waals surface area contributed by atoms with Gasteiger partial charge in [-0.15, -0.1) is 0 Å². The summed E-state index contributed by atoms with van der Waals surface area (Å²) in [5, 5.41) is 0. The van der Waals surface area contributed by atoms with E-state index in [9.17, 15) is 8.42 Å². The third-order valence-electron chi connectivity index (χ3n) is 3.40. The fourth-order valence-corrected chi connectivity index (χ4v) is 3.74. The zero-order valence-electron chi connectivity index (χ0n) is 11.3. The molecule has 1 fully saturated rings. The lowest BCUT2D eigenvalue weighted by Crippen LogP contribution is -2.45. The van der Waals surface area contributed by atoms with Crippen molar-refractivity contribution in [2.75, 3.05) is 19.6 Å². The monoisotopic (exact) mass is 286 g/mol. The van der Waals surface area contributed by atoms with E-state index in [0.29, 0.717) is 25.6 Å². The van der Waals surface area contributed by atoms with E-state index in [-0.39, 0.29) is 0 Å². The van der Waals surface area contributed by atoms with Crippen LogP contribution in [0.1, 0.15) is 26.2 Å². The van der Waals surface area contributed by atoms with E-state index in [1.54, 1.807) is 16.8 Å². The summed E-state index contributed by atoms with van der Waals surface area (Å²) < 4.78 is 30.4. The van der Waals surface area contributed by atoms with E-state index in [4.69, 9.17) is 0 Å². The summed E-state index contributed by atoms with van der Waals surface area (Å²) in [6.45, 7) is 4.61. The first kappa shape index (κ1) is 14.5. The van der Waals surface area contributed by atoms with Crippen LogP contribution in [0.15, 0.2) is 18.7 Å². The molecule has 0 aromatic carbocycles. The summed E-state index contributed by atoms with van der Waals surface area (Å²) in [6, 6.07) is 0. The van der Waals surface area contributed by atoms with Crippen molar-refractivity contribution in [3.63, 3.8) is 0 Å². The Balaban J connectivity index is 1.74. The van der Waals surface area contributed by atoms with Crippen LogP contribution in [0.2, 0.25) is 0 Å². The number of nitrogens with one attached hydrogen (secondary N) is 1. The van der Waals surface area contributed by atoms with Gasteiger partial charge in [-0.05, 0) is 25.2 Å². The zero-order chi connectivity index (χ0) is 13.7. The number of hydrogen-bond donors (Lipinski definition) is 1. The first-order chi connectivity index (χ1) is 9.08. The Labute approximate surface area is 115 Å². The molecule has 1 aliphatic rings. The zero-order valence-corrected chi connectivity index (χ0v) is 12.1. The molecule has 0 spiro atoms. The lowest BCUT2D eigenvalue weighted by Gasteiger charge is -2.29. The van der Waals surface area contributed by atoms with Gasteiger partial charge in [0.15, 0.2) is 0 Å². The standard InChI is InChI=1S/C12H22N4O2S/c1-12-4-2-8-16(10-12)19(17,18)14-5-3-7-15-9-6-13-11-15/h6,9,11-12,14H,2-5,7-8,10H2,1H3/t12-/m1/s1. The van der Waals surface area contributed by atoms with Gasteiger partial charge < -0.3 is 4.57 Å². The molecule has 19 heavy (non-hydrogen) atoms. The maximum absolute atomic E-state index is 12.1. The third kappa shape index (κ3) is 4.29. The van der Waals surface area contributed by atoms with E-state index in [2.05, 4.69) is 16.6 Å². The second-order valence-electron chi connectivity index (χ2n) is 5.16. The van der Waals surface area contributed by atoms with Crippen LogP contribution in [0, 0.1) is 5.92 Å². The van der Waals surface area contributed by atoms with Crippen molar-refractivity contribution >= 4 is 10.2 Å². The van der Waals surface area contributed by atoms with E-state index in [0.717, 1.165) is 25.8 Å². The number of nitrogens with zero attached hydrogens (tertiary/aromatic N) is 3. The van der Waals surface area contributed by atoms with Gasteiger partial charge in [0.05, 0.1) is 6.33 Å². The van der Waals surface area contributed by atoms with Crippen molar-refractivity contribution in [2.45, 2.75) is 32.7 Å². The van der Waals surface area contributed by atoms with E-state index in [1.165, 1.54) is 0 Å². The summed E-state index contributed by atoms with van der Waals surface area (Å²) >= 11 is 0. The van der Waals surface area contributed by atoms with E-state index in [1.807, 2.05) is 10.8 Å². The van der Waals surface area contributed by atoms with Gasteiger partial charge in [0.25, 0.3) is 10.2 Å². The minimum Gasteiger partial charge on any atom is -0.337 e. The number of aryl methyl sites for hydroxylation is 1. The molecular formula is C12H22N4O2S. The third-order valence-corrected chi connectivity index (χ3v) is 4.98. The van der Waals surface area contributed by atoms with Gasteiger partial charge in [-0.25, -0.2) is 9.71 Å². The van der Waals surface area contributed by atoms with Crippen LogP contribution in [-0.2, 0) is 16.8 Å². The van der Waals surface area contributed by atoms with Crippen LogP contribution in [0.5, 0.6) is 0 Å². The van der Waals surface area contributed by atoms with Crippen LogP contribution in [0.4, 0.5) is 0 Å². The molecule has 1 aliphatic heterocycles. The molecular weight excluding hydrogens is 264 g/mol. The molecule has 108 valence electrons. The van der Waals surface area contributed by atoms with Crippen LogP contribution < -0.4 is 4.72 Å². The molecule has 0 aliphatic carbocycles. The molecule has 1 aromatic heterocycles. The smallest absolute Gasteiger partial charge is 0.279 e. The summed E-state index contributed by atoms with van der Waals surface area (Å²) in [7, 11) is -3.30. The Hall–Kier alpha value is -0.920. The summed E-state index contributed by atoms with van der Waals surface area (Å²) in [6.07, 6.45) is 8.17. The van der Waals surface area contributed by atoms with Gasteiger partial charge in [-0.3, -0.25) is 0 Å². The Bertz CT molecular complexity index is 472. The highest BCUT2D eigenvalue weighted by Crippen LogP contribution is 2.17. The Kier molecular flexibility index (Phi) is 4.95. The Morgan fingerprint density at radius 3 is 3.00 bits per heavy atom. The van der Waals surface area contributed by atoms with Crippen molar-refractivity contribution in [2.24, 2.45) is 5.92 Å². The predicted molar refractivity (Wildman–Crippen MR) is 73.7 cm³/mol. The largest absolute Gasteiger partial charge is 0.337 e. The van der Waals surface area contributed by atoms with Gasteiger partial charge in [-0.2, -0.15) is 12.7 Å². The first-order valence-corrected chi connectivity index (χ1v) is 8.22. The number of hydrogen-bond acceptors (Lipinski definition) is 3. The molecule has 7 heteroatoms. The molecule has 6 nitrogen and oxygen atoms in total. The summed E-state index contributed by atoms with van der Waals surface area (Å²) in [4.78, 5) is 3.95. The quantitative estimate of drug-likeness (QED) is 0.788. The molecule has 1 N–H and O–H groups in total. The van der Waals surface area contributed by atoms with Crippen LogP contribution in [0.3, 0.4) is 0 Å². The molecule has 0 saturated carbocycles. The van der Waals surface area contributed by atoms with Crippen LogP contribution in [0.25, 0.3) is 0 Å². The fraction of sp³-hybridized carbons (Fsp3) is 0.750. The minimum absolute atomic E-state index is 0.455. The number of piperidine rings is 1. The SMILES string of the molecule is C[C@@H]1CCCN(S(=O)(=O)NCCCn2ccnc2)C1. The second kappa shape index (κ2) is 6.49. The van der Waals surface area contributed by atoms with E-state index < -0.39 is 10.2 Å². The summed E-state index contributed by atoms with van der Waals surface area (Å²) in [5.74, 6) is 0.455. The molecule has 1 saturated heterocycles. The molecule has 2 rings (SSSR count). The maximum atomic E-state index is 12.1. The van der Waals surface area contributed by atoms with Crippen molar-refractivity contribution in [3.8, 4) is 0 Å². The molecule has 0 radical (unpaired) electrons. The maximum Gasteiger partial charge on any atom is 0.279 e. The number of aromatic nitrogens is 2. The fourth-order valence-electron chi connectivity index (χ4n) is 2.34. The second-order valence-corrected chi connectivity index (χ2v) is 6.91. The summed E-state index contributed by atoms with van der Waals surface area (Å²) in [5.41, 5.74) is 0. The van der Waals surface area contributed by atoms with Crippen LogP contribution in [-0.4, -0.2) is 41.9 Å². The lowest BCUT2D eigenvalue weighted by molar-refractivity contribution is 0.278. The predicted octanol–water partition coefficient (Wildman–Crippen LogP) is 0.839. The van der Waals surface area contributed by atoms with Gasteiger partial charge >= 0.3 is 0 Å². The van der Waals surface area contributed by atoms with Gasteiger partial charge in [0.1, 0.15) is 0 Å². The molecule has 1 atom stereocenters. The number of rotatable bonds is 6. The highest BCUT2D eigenvalue weighted by atomic mass is 32.2. The van der Waals surface area contributed by atoms with Gasteiger partial charge in [0, 0.05) is 38.6 Å².